The normalized spacial score (nSPS) is 17.6. The molecule has 1 aliphatic heterocycles. The summed E-state index contributed by atoms with van der Waals surface area (Å²) in [4.78, 5) is 27.7. The molecule has 24 heavy (non-hydrogen) atoms. The molecule has 2 aromatic rings. The zero-order valence-electron chi connectivity index (χ0n) is 13.8. The summed E-state index contributed by atoms with van der Waals surface area (Å²) in [5.41, 5.74) is 9.11. The van der Waals surface area contributed by atoms with Gasteiger partial charge in [-0.25, -0.2) is 4.90 Å². The SMILES string of the molecule is CCc1cccc(C)c1N1C(=O)C[C@@H](Sc2ccc(N)cc2)C1=O. The van der Waals surface area contributed by atoms with Gasteiger partial charge in [-0.3, -0.25) is 9.59 Å². The van der Waals surface area contributed by atoms with Gasteiger partial charge in [0.15, 0.2) is 0 Å². The summed E-state index contributed by atoms with van der Waals surface area (Å²) in [6.45, 7) is 3.97. The monoisotopic (exact) mass is 340 g/mol. The molecule has 0 aliphatic carbocycles. The van der Waals surface area contributed by atoms with Crippen molar-refractivity contribution in [3.8, 4) is 0 Å². The average molecular weight is 340 g/mol. The lowest BCUT2D eigenvalue weighted by molar-refractivity contribution is -0.121. The molecule has 0 bridgehead atoms. The summed E-state index contributed by atoms with van der Waals surface area (Å²) in [5.74, 6) is -0.261. The Morgan fingerprint density at radius 1 is 1.17 bits per heavy atom. The third-order valence-electron chi connectivity index (χ3n) is 4.19. The van der Waals surface area contributed by atoms with Crippen LogP contribution in [0.25, 0.3) is 0 Å². The van der Waals surface area contributed by atoms with Crippen molar-refractivity contribution >= 4 is 35.0 Å². The molecule has 124 valence electrons. The number of para-hydroxylation sites is 1. The third kappa shape index (κ3) is 3.04. The minimum absolute atomic E-state index is 0.128. The van der Waals surface area contributed by atoms with Crippen LogP contribution in [0.2, 0.25) is 0 Å². The second kappa shape index (κ2) is 6.69. The van der Waals surface area contributed by atoms with Gasteiger partial charge in [0.2, 0.25) is 11.8 Å². The molecule has 1 atom stereocenters. The fourth-order valence-electron chi connectivity index (χ4n) is 2.97. The van der Waals surface area contributed by atoms with Gasteiger partial charge in [0, 0.05) is 17.0 Å². The molecule has 0 unspecified atom stereocenters. The molecule has 2 N–H and O–H groups in total. The lowest BCUT2D eigenvalue weighted by Gasteiger charge is -2.20. The number of anilines is 2. The van der Waals surface area contributed by atoms with Crippen LogP contribution < -0.4 is 10.6 Å². The highest BCUT2D eigenvalue weighted by atomic mass is 32.2. The van der Waals surface area contributed by atoms with Gasteiger partial charge in [-0.15, -0.1) is 11.8 Å². The van der Waals surface area contributed by atoms with Crippen LogP contribution in [0.5, 0.6) is 0 Å². The van der Waals surface area contributed by atoms with E-state index in [0.717, 1.165) is 28.1 Å². The Labute approximate surface area is 146 Å². The summed E-state index contributed by atoms with van der Waals surface area (Å²) in [6, 6.07) is 13.2. The Bertz CT molecular complexity index is 786. The minimum atomic E-state index is -0.384. The standard InChI is InChI=1S/C19H20N2O2S/c1-3-13-6-4-5-12(2)18(13)21-17(22)11-16(19(21)23)24-15-9-7-14(20)8-10-15/h4-10,16H,3,11,20H2,1-2H3/t16-/m1/s1. The average Bonchev–Trinajstić information content (AvgIpc) is 2.83. The first-order valence-electron chi connectivity index (χ1n) is 7.98. The summed E-state index contributed by atoms with van der Waals surface area (Å²) in [6.07, 6.45) is 1.01. The fraction of sp³-hybridized carbons (Fsp3) is 0.263. The van der Waals surface area contributed by atoms with E-state index in [2.05, 4.69) is 0 Å². The molecule has 3 rings (SSSR count). The molecule has 1 fully saturated rings. The molecule has 4 nitrogen and oxygen atoms in total. The number of benzene rings is 2. The number of rotatable bonds is 4. The highest BCUT2D eigenvalue weighted by molar-refractivity contribution is 8.00. The van der Waals surface area contributed by atoms with E-state index < -0.39 is 0 Å². The molecule has 0 radical (unpaired) electrons. The predicted molar refractivity (Wildman–Crippen MR) is 98.2 cm³/mol. The lowest BCUT2D eigenvalue weighted by atomic mass is 10.0. The van der Waals surface area contributed by atoms with Gasteiger partial charge in [-0.2, -0.15) is 0 Å². The van der Waals surface area contributed by atoms with Crippen molar-refractivity contribution in [2.75, 3.05) is 10.6 Å². The summed E-state index contributed by atoms with van der Waals surface area (Å²) >= 11 is 1.42. The van der Waals surface area contributed by atoms with Gasteiger partial charge in [0.25, 0.3) is 0 Å². The third-order valence-corrected chi connectivity index (χ3v) is 5.39. The van der Waals surface area contributed by atoms with Crippen molar-refractivity contribution in [1.29, 1.82) is 0 Å². The second-order valence-electron chi connectivity index (χ2n) is 5.88. The highest BCUT2D eigenvalue weighted by Crippen LogP contribution is 2.36. The Balaban J connectivity index is 1.88. The lowest BCUT2D eigenvalue weighted by Crippen LogP contribution is -2.32. The number of imide groups is 1. The highest BCUT2D eigenvalue weighted by Gasteiger charge is 2.41. The molecule has 0 saturated carbocycles. The number of nitrogen functional groups attached to an aromatic ring is 1. The van der Waals surface area contributed by atoms with Gasteiger partial charge < -0.3 is 5.73 Å². The van der Waals surface area contributed by atoms with Crippen molar-refractivity contribution in [3.63, 3.8) is 0 Å². The van der Waals surface area contributed by atoms with Crippen LogP contribution in [0, 0.1) is 6.92 Å². The van der Waals surface area contributed by atoms with Crippen molar-refractivity contribution < 1.29 is 9.59 Å². The van der Waals surface area contributed by atoms with Gasteiger partial charge >= 0.3 is 0 Å². The molecular formula is C19H20N2O2S. The van der Waals surface area contributed by atoms with Crippen molar-refractivity contribution in [1.82, 2.24) is 0 Å². The van der Waals surface area contributed by atoms with Crippen molar-refractivity contribution in [3.05, 3.63) is 53.6 Å². The molecule has 1 aliphatic rings. The zero-order chi connectivity index (χ0) is 17.3. The number of hydrogen-bond donors (Lipinski definition) is 1. The maximum absolute atomic E-state index is 12.9. The number of thioether (sulfide) groups is 1. The van der Waals surface area contributed by atoms with E-state index in [9.17, 15) is 9.59 Å². The predicted octanol–water partition coefficient (Wildman–Crippen LogP) is 3.56. The molecule has 1 saturated heterocycles. The van der Waals surface area contributed by atoms with Crippen molar-refractivity contribution in [2.45, 2.75) is 36.8 Å². The van der Waals surface area contributed by atoms with Gasteiger partial charge in [0.05, 0.1) is 10.9 Å². The number of carbonyl (C=O) groups excluding carboxylic acids is 2. The van der Waals surface area contributed by atoms with E-state index in [0.29, 0.717) is 5.69 Å². The molecule has 5 heteroatoms. The first kappa shape index (κ1) is 16.6. The number of hydrogen-bond acceptors (Lipinski definition) is 4. The molecule has 2 amide bonds. The second-order valence-corrected chi connectivity index (χ2v) is 7.16. The Morgan fingerprint density at radius 3 is 2.54 bits per heavy atom. The van der Waals surface area contributed by atoms with Crippen LogP contribution in [0.15, 0.2) is 47.4 Å². The van der Waals surface area contributed by atoms with Crippen LogP contribution in [-0.4, -0.2) is 17.1 Å². The first-order valence-corrected chi connectivity index (χ1v) is 8.86. The largest absolute Gasteiger partial charge is 0.399 e. The van der Waals surface area contributed by atoms with Gasteiger partial charge in [-0.05, 0) is 48.7 Å². The number of nitrogens with zero attached hydrogens (tertiary/aromatic N) is 1. The quantitative estimate of drug-likeness (QED) is 0.683. The maximum atomic E-state index is 12.9. The summed E-state index contributed by atoms with van der Waals surface area (Å²) in [5, 5.41) is -0.384. The van der Waals surface area contributed by atoms with E-state index in [-0.39, 0.29) is 23.5 Å². The molecular weight excluding hydrogens is 320 g/mol. The molecule has 0 spiro atoms. The van der Waals surface area contributed by atoms with E-state index in [4.69, 9.17) is 5.73 Å². The van der Waals surface area contributed by atoms with Crippen LogP contribution in [0.4, 0.5) is 11.4 Å². The van der Waals surface area contributed by atoms with Gasteiger partial charge in [0.1, 0.15) is 0 Å². The smallest absolute Gasteiger partial charge is 0.247 e. The first-order chi connectivity index (χ1) is 11.5. The summed E-state index contributed by atoms with van der Waals surface area (Å²) < 4.78 is 0. The van der Waals surface area contributed by atoms with Crippen LogP contribution in [0.3, 0.4) is 0 Å². The van der Waals surface area contributed by atoms with E-state index in [1.54, 1.807) is 12.1 Å². The Kier molecular flexibility index (Phi) is 4.62. The van der Waals surface area contributed by atoms with E-state index in [1.807, 2.05) is 44.2 Å². The fourth-order valence-corrected chi connectivity index (χ4v) is 4.02. The van der Waals surface area contributed by atoms with Gasteiger partial charge in [-0.1, -0.05) is 25.1 Å². The molecule has 0 aromatic heterocycles. The van der Waals surface area contributed by atoms with Crippen molar-refractivity contribution in [2.24, 2.45) is 0 Å². The maximum Gasteiger partial charge on any atom is 0.247 e. The van der Waals surface area contributed by atoms with E-state index in [1.165, 1.54) is 16.7 Å². The molecule has 2 aromatic carbocycles. The van der Waals surface area contributed by atoms with Crippen LogP contribution in [0.1, 0.15) is 24.5 Å². The summed E-state index contributed by atoms with van der Waals surface area (Å²) in [7, 11) is 0. The number of aryl methyl sites for hydroxylation is 2. The Hall–Kier alpha value is -2.27. The number of amides is 2. The van der Waals surface area contributed by atoms with Crippen LogP contribution in [-0.2, 0) is 16.0 Å². The Morgan fingerprint density at radius 2 is 1.88 bits per heavy atom. The van der Waals surface area contributed by atoms with E-state index >= 15 is 0 Å². The number of nitrogens with two attached hydrogens (primary N) is 1. The molecule has 1 heterocycles. The minimum Gasteiger partial charge on any atom is -0.399 e. The number of carbonyl (C=O) groups is 2. The zero-order valence-corrected chi connectivity index (χ0v) is 14.6. The van der Waals surface area contributed by atoms with Crippen LogP contribution >= 0.6 is 11.8 Å². The topological polar surface area (TPSA) is 63.4 Å².